The van der Waals surface area contributed by atoms with Crippen LogP contribution in [0.5, 0.6) is 5.75 Å². The van der Waals surface area contributed by atoms with Gasteiger partial charge in [0.25, 0.3) is 5.69 Å². The number of ether oxygens (including phenoxy) is 1. The molecular formula is C14H11BrClNO3. The number of benzene rings is 2. The molecule has 0 atom stereocenters. The summed E-state index contributed by atoms with van der Waals surface area (Å²) in [5.41, 5.74) is 1.59. The number of rotatable bonds is 5. The van der Waals surface area contributed by atoms with E-state index in [1.54, 1.807) is 6.07 Å². The molecule has 2 rings (SSSR count). The molecule has 0 spiro atoms. The van der Waals surface area contributed by atoms with Crippen molar-refractivity contribution in [2.75, 3.05) is 0 Å². The molecule has 0 aromatic heterocycles. The van der Waals surface area contributed by atoms with Crippen molar-refractivity contribution in [3.8, 4) is 5.75 Å². The highest BCUT2D eigenvalue weighted by Gasteiger charge is 2.14. The molecule has 0 fully saturated rings. The van der Waals surface area contributed by atoms with Gasteiger partial charge in [-0.3, -0.25) is 10.1 Å². The van der Waals surface area contributed by atoms with Gasteiger partial charge in [0.05, 0.1) is 10.5 Å². The summed E-state index contributed by atoms with van der Waals surface area (Å²) in [7, 11) is 0. The van der Waals surface area contributed by atoms with Crippen LogP contribution in [0.3, 0.4) is 0 Å². The minimum Gasteiger partial charge on any atom is -0.489 e. The number of nitrogens with zero attached hydrogens (tertiary/aromatic N) is 1. The van der Waals surface area contributed by atoms with Crippen molar-refractivity contribution in [2.45, 2.75) is 11.9 Å². The lowest BCUT2D eigenvalue weighted by atomic mass is 10.2. The second-order valence-electron chi connectivity index (χ2n) is 4.10. The third kappa shape index (κ3) is 3.71. The van der Waals surface area contributed by atoms with Crippen LogP contribution in [0.25, 0.3) is 0 Å². The van der Waals surface area contributed by atoms with Crippen LogP contribution < -0.4 is 4.74 Å². The zero-order valence-corrected chi connectivity index (χ0v) is 12.7. The van der Waals surface area contributed by atoms with E-state index in [1.807, 2.05) is 24.3 Å². The quantitative estimate of drug-likeness (QED) is 0.442. The number of hydrogen-bond acceptors (Lipinski definition) is 3. The molecule has 0 unspecified atom stereocenters. The van der Waals surface area contributed by atoms with Crippen LogP contribution in [0.1, 0.15) is 11.1 Å². The third-order valence-electron chi connectivity index (χ3n) is 2.71. The first-order valence-electron chi connectivity index (χ1n) is 5.80. The molecule has 0 radical (unpaired) electrons. The fourth-order valence-corrected chi connectivity index (χ4v) is 2.25. The summed E-state index contributed by atoms with van der Waals surface area (Å²) in [5.74, 6) is 0.656. The van der Waals surface area contributed by atoms with E-state index in [4.69, 9.17) is 16.3 Å². The maximum atomic E-state index is 10.9. The molecule has 0 N–H and O–H groups in total. The van der Waals surface area contributed by atoms with Gasteiger partial charge in [-0.15, -0.1) is 0 Å². The van der Waals surface area contributed by atoms with Crippen molar-refractivity contribution in [3.05, 3.63) is 68.7 Å². The van der Waals surface area contributed by atoms with Crippen molar-refractivity contribution < 1.29 is 9.66 Å². The Bertz CT molecular complexity index is 616. The molecule has 0 saturated carbocycles. The van der Waals surface area contributed by atoms with Crippen molar-refractivity contribution in [3.63, 3.8) is 0 Å². The van der Waals surface area contributed by atoms with Gasteiger partial charge in [-0.05, 0) is 29.8 Å². The molecule has 6 heteroatoms. The first-order valence-corrected chi connectivity index (χ1v) is 7.30. The van der Waals surface area contributed by atoms with Gasteiger partial charge in [-0.2, -0.15) is 0 Å². The fourth-order valence-electron chi connectivity index (χ4n) is 1.68. The summed E-state index contributed by atoms with van der Waals surface area (Å²) in [4.78, 5) is 10.5. The molecule has 0 heterocycles. The van der Waals surface area contributed by atoms with E-state index >= 15 is 0 Å². The summed E-state index contributed by atoms with van der Waals surface area (Å²) in [6.07, 6.45) is 0. The average molecular weight is 357 g/mol. The van der Waals surface area contributed by atoms with Gasteiger partial charge in [0.2, 0.25) is 0 Å². The monoisotopic (exact) mass is 355 g/mol. The van der Waals surface area contributed by atoms with Crippen LogP contribution in [-0.4, -0.2) is 4.92 Å². The van der Waals surface area contributed by atoms with Gasteiger partial charge < -0.3 is 4.74 Å². The smallest absolute Gasteiger partial charge is 0.276 e. The van der Waals surface area contributed by atoms with Crippen LogP contribution in [0.15, 0.2) is 42.5 Å². The highest BCUT2D eigenvalue weighted by Crippen LogP contribution is 2.24. The molecule has 0 bridgehead atoms. The predicted molar refractivity (Wildman–Crippen MR) is 81.5 cm³/mol. The lowest BCUT2D eigenvalue weighted by Crippen LogP contribution is -2.00. The first-order chi connectivity index (χ1) is 9.60. The number of nitro groups is 1. The standard InChI is InChI=1S/C14H11BrClNO3/c15-8-10-1-4-13(5-2-10)20-9-11-7-12(16)3-6-14(11)17(18)19/h1-7H,8-9H2. The van der Waals surface area contributed by atoms with Crippen LogP contribution in [0, 0.1) is 10.1 Å². The van der Waals surface area contributed by atoms with Crippen LogP contribution >= 0.6 is 27.5 Å². The number of hydrogen-bond donors (Lipinski definition) is 0. The van der Waals surface area contributed by atoms with E-state index < -0.39 is 4.92 Å². The second kappa shape index (κ2) is 6.72. The van der Waals surface area contributed by atoms with E-state index in [2.05, 4.69) is 15.9 Å². The zero-order valence-electron chi connectivity index (χ0n) is 10.4. The molecule has 0 aliphatic rings. The van der Waals surface area contributed by atoms with E-state index in [0.717, 1.165) is 10.9 Å². The SMILES string of the molecule is O=[N+]([O-])c1ccc(Cl)cc1COc1ccc(CBr)cc1. The van der Waals surface area contributed by atoms with Crippen LogP contribution in [0.4, 0.5) is 5.69 Å². The largest absolute Gasteiger partial charge is 0.489 e. The molecule has 0 aliphatic carbocycles. The molecular weight excluding hydrogens is 346 g/mol. The Morgan fingerprint density at radius 2 is 1.90 bits per heavy atom. The average Bonchev–Trinajstić information content (AvgIpc) is 2.45. The Morgan fingerprint density at radius 3 is 2.50 bits per heavy atom. The zero-order chi connectivity index (χ0) is 14.5. The van der Waals surface area contributed by atoms with Gasteiger partial charge in [0, 0.05) is 16.4 Å². The highest BCUT2D eigenvalue weighted by molar-refractivity contribution is 9.08. The molecule has 104 valence electrons. The van der Waals surface area contributed by atoms with Crippen molar-refractivity contribution >= 4 is 33.2 Å². The van der Waals surface area contributed by atoms with Gasteiger partial charge >= 0.3 is 0 Å². The summed E-state index contributed by atoms with van der Waals surface area (Å²) < 4.78 is 5.56. The summed E-state index contributed by atoms with van der Waals surface area (Å²) >= 11 is 9.22. The Kier molecular flexibility index (Phi) is 4.98. The van der Waals surface area contributed by atoms with E-state index in [1.165, 1.54) is 12.1 Å². The minimum absolute atomic E-state index is 0.00600. The normalized spacial score (nSPS) is 10.3. The fraction of sp³-hybridized carbons (Fsp3) is 0.143. The van der Waals surface area contributed by atoms with Gasteiger partial charge in [0.15, 0.2) is 0 Å². The lowest BCUT2D eigenvalue weighted by molar-refractivity contribution is -0.385. The molecule has 0 aliphatic heterocycles. The van der Waals surface area contributed by atoms with E-state index in [-0.39, 0.29) is 12.3 Å². The van der Waals surface area contributed by atoms with Crippen LogP contribution in [0.2, 0.25) is 5.02 Å². The van der Waals surface area contributed by atoms with Gasteiger partial charge in [0.1, 0.15) is 12.4 Å². The molecule has 0 amide bonds. The van der Waals surface area contributed by atoms with Crippen molar-refractivity contribution in [1.29, 1.82) is 0 Å². The summed E-state index contributed by atoms with van der Waals surface area (Å²) in [6.45, 7) is 0.102. The third-order valence-corrected chi connectivity index (χ3v) is 3.59. The summed E-state index contributed by atoms with van der Waals surface area (Å²) in [5, 5.41) is 12.1. The maximum Gasteiger partial charge on any atom is 0.276 e. The lowest BCUT2D eigenvalue weighted by Gasteiger charge is -2.07. The van der Waals surface area contributed by atoms with Gasteiger partial charge in [-0.1, -0.05) is 39.7 Å². The Balaban J connectivity index is 2.13. The summed E-state index contributed by atoms with van der Waals surface area (Å²) in [6, 6.07) is 11.9. The number of alkyl halides is 1. The Labute approximate surface area is 129 Å². The molecule has 2 aromatic carbocycles. The van der Waals surface area contributed by atoms with Gasteiger partial charge in [-0.25, -0.2) is 0 Å². The van der Waals surface area contributed by atoms with Crippen molar-refractivity contribution in [2.24, 2.45) is 0 Å². The second-order valence-corrected chi connectivity index (χ2v) is 5.09. The molecule has 4 nitrogen and oxygen atoms in total. The molecule has 2 aromatic rings. The van der Waals surface area contributed by atoms with E-state index in [0.29, 0.717) is 16.3 Å². The molecule has 0 saturated heterocycles. The Morgan fingerprint density at radius 1 is 1.20 bits per heavy atom. The molecule has 20 heavy (non-hydrogen) atoms. The topological polar surface area (TPSA) is 52.4 Å². The number of nitro benzene ring substituents is 1. The first kappa shape index (κ1) is 14.8. The highest BCUT2D eigenvalue weighted by atomic mass is 79.9. The van der Waals surface area contributed by atoms with E-state index in [9.17, 15) is 10.1 Å². The van der Waals surface area contributed by atoms with Crippen LogP contribution in [-0.2, 0) is 11.9 Å². The Hall–Kier alpha value is -1.59. The maximum absolute atomic E-state index is 10.9. The minimum atomic E-state index is -0.442. The number of halogens is 2. The van der Waals surface area contributed by atoms with Crippen molar-refractivity contribution in [1.82, 2.24) is 0 Å². The predicted octanol–water partition coefficient (Wildman–Crippen LogP) is 4.72.